The molecule has 0 aliphatic carbocycles. The average molecular weight is 424 g/mol. The van der Waals surface area contributed by atoms with Crippen LogP contribution in [0.4, 0.5) is 23.2 Å². The molecule has 1 heterocycles. The van der Waals surface area contributed by atoms with Crippen LogP contribution in [0.25, 0.3) is 0 Å². The monoisotopic (exact) mass is 424 g/mol. The minimum atomic E-state index is -5.22. The van der Waals surface area contributed by atoms with Crippen molar-refractivity contribution in [2.24, 2.45) is 0 Å². The Hall–Kier alpha value is -2.94. The fourth-order valence-corrected chi connectivity index (χ4v) is 3.29. The Morgan fingerprint density at radius 3 is 2.33 bits per heavy atom. The first kappa shape index (κ1) is 21.8. The van der Waals surface area contributed by atoms with E-state index < -0.39 is 29.8 Å². The van der Waals surface area contributed by atoms with Gasteiger partial charge in [0.25, 0.3) is 0 Å². The van der Waals surface area contributed by atoms with Crippen LogP contribution in [0.1, 0.15) is 24.4 Å². The van der Waals surface area contributed by atoms with Crippen LogP contribution < -0.4 is 10.2 Å². The van der Waals surface area contributed by atoms with Crippen LogP contribution >= 0.6 is 0 Å². The first-order valence-corrected chi connectivity index (χ1v) is 9.37. The van der Waals surface area contributed by atoms with E-state index in [-0.39, 0.29) is 23.9 Å². The highest BCUT2D eigenvalue weighted by molar-refractivity contribution is 6.03. The van der Waals surface area contributed by atoms with Crippen molar-refractivity contribution in [1.82, 2.24) is 5.32 Å². The van der Waals surface area contributed by atoms with E-state index in [1.165, 1.54) is 36.4 Å². The van der Waals surface area contributed by atoms with Gasteiger partial charge in [-0.15, -0.1) is 0 Å². The van der Waals surface area contributed by atoms with Gasteiger partial charge in [0.1, 0.15) is 11.9 Å². The number of nitrogens with one attached hydrogen (secondary N) is 1. The molecule has 5 nitrogen and oxygen atoms in total. The number of rotatable bonds is 6. The summed E-state index contributed by atoms with van der Waals surface area (Å²) >= 11 is 0. The Morgan fingerprint density at radius 2 is 1.77 bits per heavy atom. The molecule has 1 N–H and O–H groups in total. The molecule has 160 valence electrons. The van der Waals surface area contributed by atoms with Gasteiger partial charge in [-0.1, -0.05) is 30.3 Å². The third kappa shape index (κ3) is 5.15. The van der Waals surface area contributed by atoms with Crippen molar-refractivity contribution in [3.05, 3.63) is 66.0 Å². The number of hydrogen-bond acceptors (Lipinski definition) is 3. The van der Waals surface area contributed by atoms with Gasteiger partial charge in [0.05, 0.1) is 6.10 Å². The number of alkyl halides is 3. The summed E-state index contributed by atoms with van der Waals surface area (Å²) in [5.74, 6) is -3.64. The van der Waals surface area contributed by atoms with Crippen molar-refractivity contribution in [3.8, 4) is 0 Å². The molecule has 2 amide bonds. The lowest BCUT2D eigenvalue weighted by Gasteiger charge is -2.32. The maximum Gasteiger partial charge on any atom is 0.471 e. The normalized spacial score (nSPS) is 17.4. The highest BCUT2D eigenvalue weighted by Gasteiger charge is 2.47. The summed E-state index contributed by atoms with van der Waals surface area (Å²) in [6.45, 7) is 0.643. The number of carbonyl (C=O) groups excluding carboxylic acids is 2. The van der Waals surface area contributed by atoms with Crippen molar-refractivity contribution in [3.63, 3.8) is 0 Å². The van der Waals surface area contributed by atoms with Crippen molar-refractivity contribution in [2.45, 2.75) is 31.2 Å². The van der Waals surface area contributed by atoms with Crippen LogP contribution in [-0.2, 0) is 14.3 Å². The molecular weight excluding hydrogens is 404 g/mol. The minimum absolute atomic E-state index is 0.0442. The van der Waals surface area contributed by atoms with Crippen molar-refractivity contribution in [1.29, 1.82) is 0 Å². The Balaban J connectivity index is 2.00. The quantitative estimate of drug-likeness (QED) is 0.719. The van der Waals surface area contributed by atoms with Crippen LogP contribution in [0.2, 0.25) is 0 Å². The molecule has 9 heteroatoms. The fourth-order valence-electron chi connectivity index (χ4n) is 3.29. The molecule has 1 fully saturated rings. The van der Waals surface area contributed by atoms with E-state index in [1.54, 1.807) is 6.07 Å². The summed E-state index contributed by atoms with van der Waals surface area (Å²) < 4.78 is 59.1. The standard InChI is InChI=1S/C21H20F4N2O3/c22-15-10-8-14(9-11-15)18(19(28)26-13-17-7-4-12-30-17)27(20(29)21(23,24)25)16-5-2-1-3-6-16/h1-3,5-6,8-11,17-18H,4,7,12-13H2,(H,26,28)/t17-,18+/m1/s1. The van der Waals surface area contributed by atoms with E-state index >= 15 is 0 Å². The summed E-state index contributed by atoms with van der Waals surface area (Å²) in [6.07, 6.45) is -3.93. The number of para-hydroxylation sites is 1. The van der Waals surface area contributed by atoms with Gasteiger partial charge in [-0.2, -0.15) is 13.2 Å². The zero-order valence-corrected chi connectivity index (χ0v) is 15.9. The van der Waals surface area contributed by atoms with Gasteiger partial charge in [-0.05, 0) is 42.7 Å². The van der Waals surface area contributed by atoms with Gasteiger partial charge in [-0.3, -0.25) is 14.5 Å². The van der Waals surface area contributed by atoms with Gasteiger partial charge in [-0.25, -0.2) is 4.39 Å². The van der Waals surface area contributed by atoms with Gasteiger partial charge in [0.2, 0.25) is 5.91 Å². The number of hydrogen-bond donors (Lipinski definition) is 1. The summed E-state index contributed by atoms with van der Waals surface area (Å²) in [6, 6.07) is 9.86. The largest absolute Gasteiger partial charge is 0.471 e. The topological polar surface area (TPSA) is 58.6 Å². The first-order valence-electron chi connectivity index (χ1n) is 9.37. The molecule has 3 rings (SSSR count). The molecule has 0 unspecified atom stereocenters. The third-order valence-electron chi connectivity index (χ3n) is 4.72. The van der Waals surface area contributed by atoms with Crippen molar-refractivity contribution in [2.75, 3.05) is 18.1 Å². The number of nitrogens with zero attached hydrogens (tertiary/aromatic N) is 1. The molecule has 1 aliphatic heterocycles. The smallest absolute Gasteiger partial charge is 0.376 e. The van der Waals surface area contributed by atoms with E-state index in [0.717, 1.165) is 18.6 Å². The number of anilines is 1. The van der Waals surface area contributed by atoms with E-state index in [4.69, 9.17) is 4.74 Å². The lowest BCUT2D eigenvalue weighted by atomic mass is 10.0. The maximum absolute atomic E-state index is 13.4. The van der Waals surface area contributed by atoms with Gasteiger partial charge in [0, 0.05) is 18.8 Å². The summed E-state index contributed by atoms with van der Waals surface area (Å²) in [5.41, 5.74) is -0.0656. The summed E-state index contributed by atoms with van der Waals surface area (Å²) in [4.78, 5) is 25.7. The first-order chi connectivity index (χ1) is 14.3. The molecule has 2 aromatic carbocycles. The number of ether oxygens (including phenoxy) is 1. The molecule has 1 aliphatic rings. The third-order valence-corrected chi connectivity index (χ3v) is 4.72. The fraction of sp³-hybridized carbons (Fsp3) is 0.333. The molecule has 30 heavy (non-hydrogen) atoms. The SMILES string of the molecule is O=C(NC[C@H]1CCCO1)[C@H](c1ccc(F)cc1)N(C(=O)C(F)(F)F)c1ccccc1. The van der Waals surface area contributed by atoms with Gasteiger partial charge >= 0.3 is 12.1 Å². The van der Waals surface area contributed by atoms with E-state index in [1.807, 2.05) is 0 Å². The second kappa shape index (κ2) is 9.25. The van der Waals surface area contributed by atoms with Crippen LogP contribution in [0.3, 0.4) is 0 Å². The summed E-state index contributed by atoms with van der Waals surface area (Å²) in [5, 5.41) is 2.58. The zero-order valence-electron chi connectivity index (χ0n) is 15.9. The van der Waals surface area contributed by atoms with E-state index in [0.29, 0.717) is 17.9 Å². The molecule has 0 spiro atoms. The second-order valence-electron chi connectivity index (χ2n) is 6.84. The second-order valence-corrected chi connectivity index (χ2v) is 6.84. The molecule has 1 saturated heterocycles. The van der Waals surface area contributed by atoms with Gasteiger partial charge < -0.3 is 10.1 Å². The highest BCUT2D eigenvalue weighted by atomic mass is 19.4. The Morgan fingerprint density at radius 1 is 1.10 bits per heavy atom. The van der Waals surface area contributed by atoms with E-state index in [9.17, 15) is 27.2 Å². The number of amides is 2. The predicted octanol–water partition coefficient (Wildman–Crippen LogP) is 3.76. The molecule has 2 aromatic rings. The molecular formula is C21H20F4N2O3. The molecule has 2 atom stereocenters. The Kier molecular flexibility index (Phi) is 6.71. The van der Waals surface area contributed by atoms with Crippen LogP contribution in [0.5, 0.6) is 0 Å². The molecule has 0 saturated carbocycles. The predicted molar refractivity (Wildman–Crippen MR) is 101 cm³/mol. The van der Waals surface area contributed by atoms with Crippen LogP contribution in [0.15, 0.2) is 54.6 Å². The highest BCUT2D eigenvalue weighted by Crippen LogP contribution is 2.32. The zero-order chi connectivity index (χ0) is 21.7. The van der Waals surface area contributed by atoms with Crippen molar-refractivity contribution < 1.29 is 31.9 Å². The molecule has 0 radical (unpaired) electrons. The molecule has 0 bridgehead atoms. The lowest BCUT2D eigenvalue weighted by molar-refractivity contribution is -0.171. The van der Waals surface area contributed by atoms with Gasteiger partial charge in [0.15, 0.2) is 0 Å². The van der Waals surface area contributed by atoms with Crippen LogP contribution in [-0.4, -0.2) is 37.2 Å². The minimum Gasteiger partial charge on any atom is -0.376 e. The number of carbonyl (C=O) groups is 2. The van der Waals surface area contributed by atoms with Crippen molar-refractivity contribution >= 4 is 17.5 Å². The van der Waals surface area contributed by atoms with E-state index in [2.05, 4.69) is 5.32 Å². The number of halogens is 4. The molecule has 0 aromatic heterocycles. The summed E-state index contributed by atoms with van der Waals surface area (Å²) in [7, 11) is 0. The lowest BCUT2D eigenvalue weighted by Crippen LogP contribution is -2.49. The number of benzene rings is 2. The van der Waals surface area contributed by atoms with Crippen LogP contribution in [0, 0.1) is 5.82 Å². The Bertz CT molecular complexity index is 866. The average Bonchev–Trinajstić information content (AvgIpc) is 3.24. The maximum atomic E-state index is 13.4. The Labute approximate surface area is 170 Å².